The second-order valence-corrected chi connectivity index (χ2v) is 7.16. The summed E-state index contributed by atoms with van der Waals surface area (Å²) >= 11 is 0. The number of hydrogen-bond acceptors (Lipinski definition) is 4. The van der Waals surface area contributed by atoms with Gasteiger partial charge < -0.3 is 20.1 Å². The van der Waals surface area contributed by atoms with Crippen LogP contribution in [0.5, 0.6) is 0 Å². The maximum atomic E-state index is 12.6. The predicted molar refractivity (Wildman–Crippen MR) is 99.6 cm³/mol. The molecule has 0 spiro atoms. The molecular weight excluding hydrogens is 332 g/mol. The predicted octanol–water partition coefficient (Wildman–Crippen LogP) is 2.68. The van der Waals surface area contributed by atoms with Crippen molar-refractivity contribution in [3.63, 3.8) is 0 Å². The Labute approximate surface area is 154 Å². The van der Waals surface area contributed by atoms with Crippen molar-refractivity contribution >= 4 is 17.6 Å². The number of carbonyl (C=O) groups is 2. The normalized spacial score (nSPS) is 24.4. The molecular formula is C20H28N2O4. The number of carboxylic acids is 1. The number of hydrogen-bond donors (Lipinski definition) is 2. The Morgan fingerprint density at radius 2 is 1.65 bits per heavy atom. The van der Waals surface area contributed by atoms with E-state index in [-0.39, 0.29) is 11.9 Å². The molecule has 1 heterocycles. The van der Waals surface area contributed by atoms with Crippen LogP contribution in [-0.2, 0) is 9.53 Å². The summed E-state index contributed by atoms with van der Waals surface area (Å²) in [5.74, 6) is -1.48. The first-order valence-electron chi connectivity index (χ1n) is 9.61. The summed E-state index contributed by atoms with van der Waals surface area (Å²) in [6, 6.07) is 7.25. The summed E-state index contributed by atoms with van der Waals surface area (Å²) < 4.78 is 5.36. The second-order valence-electron chi connectivity index (χ2n) is 7.16. The van der Waals surface area contributed by atoms with Crippen LogP contribution in [0.2, 0.25) is 0 Å². The first-order valence-corrected chi connectivity index (χ1v) is 9.61. The number of amides is 1. The molecule has 0 radical (unpaired) electrons. The smallest absolute Gasteiger partial charge is 0.308 e. The second kappa shape index (κ2) is 9.03. The lowest BCUT2D eigenvalue weighted by molar-refractivity contribution is -0.143. The first-order chi connectivity index (χ1) is 12.6. The largest absolute Gasteiger partial charge is 0.481 e. The number of anilines is 1. The fourth-order valence-corrected chi connectivity index (χ4v) is 3.85. The molecule has 6 nitrogen and oxygen atoms in total. The van der Waals surface area contributed by atoms with E-state index in [1.807, 2.05) is 24.3 Å². The minimum Gasteiger partial charge on any atom is -0.481 e. The molecule has 142 valence electrons. The standard InChI is InChI=1S/C20H28N2O4/c23-19(21-18-6-4-2-1-3-5-17(18)20(24)25)15-7-9-16(10-8-15)22-11-13-26-14-12-22/h7-10,17-18H,1-6,11-14H2,(H,21,23)(H,24,25). The van der Waals surface area contributed by atoms with Crippen molar-refractivity contribution in [2.45, 2.75) is 44.6 Å². The van der Waals surface area contributed by atoms with Crippen LogP contribution in [0.15, 0.2) is 24.3 Å². The van der Waals surface area contributed by atoms with Crippen molar-refractivity contribution in [3.05, 3.63) is 29.8 Å². The Bertz CT molecular complexity index is 611. The van der Waals surface area contributed by atoms with Gasteiger partial charge in [0.1, 0.15) is 0 Å². The van der Waals surface area contributed by atoms with E-state index in [1.165, 1.54) is 0 Å². The van der Waals surface area contributed by atoms with Crippen molar-refractivity contribution in [1.29, 1.82) is 0 Å². The number of carboxylic acid groups (broad SMARTS) is 1. The van der Waals surface area contributed by atoms with Gasteiger partial charge >= 0.3 is 5.97 Å². The van der Waals surface area contributed by atoms with Crippen molar-refractivity contribution in [3.8, 4) is 0 Å². The topological polar surface area (TPSA) is 78.9 Å². The van der Waals surface area contributed by atoms with Gasteiger partial charge in [0.2, 0.25) is 0 Å². The number of nitrogens with one attached hydrogen (secondary N) is 1. The summed E-state index contributed by atoms with van der Waals surface area (Å²) in [5.41, 5.74) is 1.66. The van der Waals surface area contributed by atoms with E-state index >= 15 is 0 Å². The van der Waals surface area contributed by atoms with Gasteiger partial charge in [0.25, 0.3) is 5.91 Å². The van der Waals surface area contributed by atoms with Gasteiger partial charge in [-0.05, 0) is 37.1 Å². The van der Waals surface area contributed by atoms with Crippen LogP contribution in [-0.4, -0.2) is 49.3 Å². The highest BCUT2D eigenvalue weighted by molar-refractivity contribution is 5.95. The van der Waals surface area contributed by atoms with Gasteiger partial charge in [-0.2, -0.15) is 0 Å². The Hall–Kier alpha value is -2.08. The molecule has 0 bridgehead atoms. The van der Waals surface area contributed by atoms with E-state index in [0.717, 1.165) is 64.1 Å². The summed E-state index contributed by atoms with van der Waals surface area (Å²) in [6.45, 7) is 3.16. The zero-order valence-electron chi connectivity index (χ0n) is 15.2. The minimum atomic E-state index is -0.806. The molecule has 2 unspecified atom stereocenters. The Morgan fingerprint density at radius 3 is 2.31 bits per heavy atom. The van der Waals surface area contributed by atoms with Crippen molar-refractivity contribution in [1.82, 2.24) is 5.32 Å². The van der Waals surface area contributed by atoms with Gasteiger partial charge in [-0.15, -0.1) is 0 Å². The maximum Gasteiger partial charge on any atom is 0.308 e. The number of nitrogens with zero attached hydrogens (tertiary/aromatic N) is 1. The Balaban J connectivity index is 1.64. The molecule has 3 rings (SSSR count). The lowest BCUT2D eigenvalue weighted by Crippen LogP contribution is -2.44. The lowest BCUT2D eigenvalue weighted by Gasteiger charge is -2.29. The number of benzene rings is 1. The van der Waals surface area contributed by atoms with Gasteiger partial charge in [0.15, 0.2) is 0 Å². The molecule has 1 aliphatic carbocycles. The monoisotopic (exact) mass is 360 g/mol. The van der Waals surface area contributed by atoms with E-state index in [0.29, 0.717) is 12.0 Å². The highest BCUT2D eigenvalue weighted by atomic mass is 16.5. The van der Waals surface area contributed by atoms with E-state index in [1.54, 1.807) is 0 Å². The number of carbonyl (C=O) groups excluding carboxylic acids is 1. The van der Waals surface area contributed by atoms with Gasteiger partial charge in [0, 0.05) is 30.4 Å². The summed E-state index contributed by atoms with van der Waals surface area (Å²) in [5, 5.41) is 12.5. The third-order valence-corrected chi connectivity index (χ3v) is 5.41. The molecule has 2 aliphatic rings. The molecule has 1 aromatic rings. The van der Waals surface area contributed by atoms with E-state index < -0.39 is 11.9 Å². The maximum absolute atomic E-state index is 12.6. The number of morpholine rings is 1. The molecule has 1 aliphatic heterocycles. The highest BCUT2D eigenvalue weighted by Gasteiger charge is 2.30. The highest BCUT2D eigenvalue weighted by Crippen LogP contribution is 2.24. The van der Waals surface area contributed by atoms with Crippen molar-refractivity contribution < 1.29 is 19.4 Å². The van der Waals surface area contributed by atoms with Crippen molar-refractivity contribution in [2.75, 3.05) is 31.2 Å². The fraction of sp³-hybridized carbons (Fsp3) is 0.600. The van der Waals surface area contributed by atoms with E-state index in [4.69, 9.17) is 4.74 Å². The number of aliphatic carboxylic acids is 1. The fourth-order valence-electron chi connectivity index (χ4n) is 3.85. The third kappa shape index (κ3) is 4.75. The minimum absolute atomic E-state index is 0.185. The SMILES string of the molecule is O=C(NC1CCCCCCC1C(=O)O)c1ccc(N2CCOCC2)cc1. The van der Waals surface area contributed by atoms with Crippen molar-refractivity contribution in [2.24, 2.45) is 5.92 Å². The molecule has 1 saturated heterocycles. The molecule has 2 N–H and O–H groups in total. The zero-order chi connectivity index (χ0) is 18.4. The van der Waals surface area contributed by atoms with E-state index in [2.05, 4.69) is 10.2 Å². The number of rotatable bonds is 4. The zero-order valence-corrected chi connectivity index (χ0v) is 15.2. The molecule has 1 aromatic carbocycles. The summed E-state index contributed by atoms with van der Waals surface area (Å²) in [6.07, 6.45) is 5.42. The molecule has 6 heteroatoms. The average molecular weight is 360 g/mol. The molecule has 26 heavy (non-hydrogen) atoms. The van der Waals surface area contributed by atoms with Gasteiger partial charge in [-0.3, -0.25) is 9.59 Å². The van der Waals surface area contributed by atoms with Crippen LogP contribution in [0.4, 0.5) is 5.69 Å². The Kier molecular flexibility index (Phi) is 6.50. The van der Waals surface area contributed by atoms with Crippen LogP contribution < -0.4 is 10.2 Å². The molecule has 1 saturated carbocycles. The Morgan fingerprint density at radius 1 is 1.00 bits per heavy atom. The molecule has 1 amide bonds. The van der Waals surface area contributed by atoms with Crippen LogP contribution in [0.1, 0.15) is 48.9 Å². The van der Waals surface area contributed by atoms with Gasteiger partial charge in [-0.1, -0.05) is 25.7 Å². The quantitative estimate of drug-likeness (QED) is 0.863. The molecule has 0 aromatic heterocycles. The average Bonchev–Trinajstić information content (AvgIpc) is 2.64. The van der Waals surface area contributed by atoms with Crippen LogP contribution in [0.3, 0.4) is 0 Å². The first kappa shape index (κ1) is 18.7. The summed E-state index contributed by atoms with van der Waals surface area (Å²) in [4.78, 5) is 26.5. The van der Waals surface area contributed by atoms with E-state index in [9.17, 15) is 14.7 Å². The van der Waals surface area contributed by atoms with Crippen LogP contribution in [0, 0.1) is 5.92 Å². The molecule has 2 atom stereocenters. The van der Waals surface area contributed by atoms with Gasteiger partial charge in [0.05, 0.1) is 19.1 Å². The molecule has 2 fully saturated rings. The number of ether oxygens (including phenoxy) is 1. The van der Waals surface area contributed by atoms with Gasteiger partial charge in [-0.25, -0.2) is 0 Å². The lowest BCUT2D eigenvalue weighted by atomic mass is 9.86. The third-order valence-electron chi connectivity index (χ3n) is 5.41. The van der Waals surface area contributed by atoms with Crippen LogP contribution in [0.25, 0.3) is 0 Å². The van der Waals surface area contributed by atoms with Crippen LogP contribution >= 0.6 is 0 Å². The summed E-state index contributed by atoms with van der Waals surface area (Å²) in [7, 11) is 0.